The van der Waals surface area contributed by atoms with Crippen LogP contribution in [0.3, 0.4) is 0 Å². The van der Waals surface area contributed by atoms with Crippen LogP contribution in [0.5, 0.6) is 11.5 Å². The highest BCUT2D eigenvalue weighted by atomic mass is 35.5. The first kappa shape index (κ1) is 21.2. The quantitative estimate of drug-likeness (QED) is 0.467. The van der Waals surface area contributed by atoms with Crippen LogP contribution in [0, 0.1) is 6.92 Å². The molecule has 3 rings (SSSR count). The number of anilines is 3. The summed E-state index contributed by atoms with van der Waals surface area (Å²) in [6, 6.07) is 11.0. The van der Waals surface area contributed by atoms with E-state index in [0.717, 1.165) is 17.0 Å². The Kier molecular flexibility index (Phi) is 7.18. The summed E-state index contributed by atoms with van der Waals surface area (Å²) in [7, 11) is 3.15. The molecule has 0 aliphatic carbocycles. The van der Waals surface area contributed by atoms with Gasteiger partial charge < -0.3 is 20.1 Å². The Balaban J connectivity index is 1.55. The van der Waals surface area contributed by atoms with E-state index in [9.17, 15) is 4.79 Å². The molecular weight excluding hydrogens is 432 g/mol. The third-order valence-electron chi connectivity index (χ3n) is 3.83. The van der Waals surface area contributed by atoms with Gasteiger partial charge in [-0.25, -0.2) is 0 Å². The monoisotopic (exact) mass is 450 g/mol. The number of nitrogens with zero attached hydrogens (tertiary/aromatic N) is 2. The lowest BCUT2D eigenvalue weighted by Crippen LogP contribution is -2.14. The molecule has 0 aliphatic heterocycles. The summed E-state index contributed by atoms with van der Waals surface area (Å²) in [6.07, 6.45) is 0. The summed E-state index contributed by atoms with van der Waals surface area (Å²) < 4.78 is 11.1. The Morgan fingerprint density at radius 2 is 1.93 bits per heavy atom. The van der Waals surface area contributed by atoms with Gasteiger partial charge in [-0.3, -0.25) is 4.79 Å². The van der Waals surface area contributed by atoms with E-state index < -0.39 is 0 Å². The lowest BCUT2D eigenvalue weighted by molar-refractivity contribution is -0.113. The van der Waals surface area contributed by atoms with Crippen molar-refractivity contribution >= 4 is 57.1 Å². The van der Waals surface area contributed by atoms with Crippen LogP contribution in [-0.2, 0) is 4.79 Å². The van der Waals surface area contributed by atoms with E-state index in [0.29, 0.717) is 25.9 Å². The predicted octanol–water partition coefficient (Wildman–Crippen LogP) is 4.99. The van der Waals surface area contributed by atoms with Crippen molar-refractivity contribution in [1.29, 1.82) is 0 Å². The molecule has 1 amide bonds. The Morgan fingerprint density at radius 3 is 2.62 bits per heavy atom. The van der Waals surface area contributed by atoms with E-state index in [4.69, 9.17) is 21.1 Å². The third kappa shape index (κ3) is 5.75. The van der Waals surface area contributed by atoms with Gasteiger partial charge in [-0.05, 0) is 42.8 Å². The molecule has 0 saturated carbocycles. The minimum Gasteiger partial charge on any atom is -0.497 e. The number of carbonyl (C=O) groups is 1. The van der Waals surface area contributed by atoms with Crippen LogP contribution in [-0.4, -0.2) is 36.1 Å². The first-order chi connectivity index (χ1) is 14.0. The van der Waals surface area contributed by atoms with E-state index in [1.54, 1.807) is 19.2 Å². The lowest BCUT2D eigenvalue weighted by atomic mass is 10.2. The number of methoxy groups -OCH3 is 2. The zero-order chi connectivity index (χ0) is 20.8. The Labute approximate surface area is 181 Å². The van der Waals surface area contributed by atoms with Gasteiger partial charge in [-0.2, -0.15) is 0 Å². The summed E-state index contributed by atoms with van der Waals surface area (Å²) in [5.41, 5.74) is 2.31. The minimum atomic E-state index is -0.171. The summed E-state index contributed by atoms with van der Waals surface area (Å²) >= 11 is 8.78. The molecule has 1 heterocycles. The van der Waals surface area contributed by atoms with Crippen LogP contribution in [0.2, 0.25) is 5.02 Å². The van der Waals surface area contributed by atoms with Crippen LogP contribution in [0.1, 0.15) is 5.56 Å². The molecule has 0 fully saturated rings. The second-order valence-electron chi connectivity index (χ2n) is 5.87. The maximum absolute atomic E-state index is 12.3. The van der Waals surface area contributed by atoms with Crippen LogP contribution in [0.15, 0.2) is 40.7 Å². The third-order valence-corrected chi connectivity index (χ3v) is 6.21. The normalized spacial score (nSPS) is 10.5. The van der Waals surface area contributed by atoms with E-state index in [1.165, 1.54) is 30.2 Å². The standard InChI is InChI=1S/C19H19ClN4O3S2/c1-11-8-15(16(27-3)9-14(11)20)22-17(25)10-28-19-24-23-18(29-19)21-12-4-6-13(26-2)7-5-12/h4-9H,10H2,1-3H3,(H,21,23)(H,22,25). The molecule has 3 aromatic rings. The van der Waals surface area contributed by atoms with Gasteiger partial charge in [-0.1, -0.05) is 34.7 Å². The molecule has 0 unspecified atom stereocenters. The van der Waals surface area contributed by atoms with Gasteiger partial charge in [0.25, 0.3) is 0 Å². The lowest BCUT2D eigenvalue weighted by Gasteiger charge is -2.11. The number of nitrogens with one attached hydrogen (secondary N) is 2. The number of benzene rings is 2. The highest BCUT2D eigenvalue weighted by molar-refractivity contribution is 8.01. The fourth-order valence-electron chi connectivity index (χ4n) is 2.36. The number of thioether (sulfide) groups is 1. The minimum absolute atomic E-state index is 0.171. The average molecular weight is 451 g/mol. The maximum atomic E-state index is 12.3. The number of ether oxygens (including phenoxy) is 2. The molecule has 0 bridgehead atoms. The number of carbonyl (C=O) groups excluding carboxylic acids is 1. The topological polar surface area (TPSA) is 85.4 Å². The van der Waals surface area contributed by atoms with Gasteiger partial charge in [0.1, 0.15) is 11.5 Å². The van der Waals surface area contributed by atoms with Gasteiger partial charge in [0.2, 0.25) is 11.0 Å². The second kappa shape index (κ2) is 9.82. The Bertz CT molecular complexity index is 996. The number of hydrogen-bond acceptors (Lipinski definition) is 8. The van der Waals surface area contributed by atoms with Crippen molar-refractivity contribution in [3.63, 3.8) is 0 Å². The van der Waals surface area contributed by atoms with Crippen molar-refractivity contribution in [2.24, 2.45) is 0 Å². The van der Waals surface area contributed by atoms with Gasteiger partial charge >= 0.3 is 0 Å². The first-order valence-corrected chi connectivity index (χ1v) is 10.7. The average Bonchev–Trinajstić information content (AvgIpc) is 3.17. The van der Waals surface area contributed by atoms with Crippen molar-refractivity contribution in [3.05, 3.63) is 47.0 Å². The number of amides is 1. The van der Waals surface area contributed by atoms with Crippen molar-refractivity contribution in [2.45, 2.75) is 11.3 Å². The molecule has 7 nitrogen and oxygen atoms in total. The number of aromatic nitrogens is 2. The molecule has 152 valence electrons. The highest BCUT2D eigenvalue weighted by Gasteiger charge is 2.12. The smallest absolute Gasteiger partial charge is 0.234 e. The first-order valence-electron chi connectivity index (χ1n) is 8.50. The van der Waals surface area contributed by atoms with E-state index in [2.05, 4.69) is 20.8 Å². The summed E-state index contributed by atoms with van der Waals surface area (Å²) in [5.74, 6) is 1.32. The van der Waals surface area contributed by atoms with Crippen LogP contribution in [0.25, 0.3) is 0 Å². The number of aryl methyl sites for hydroxylation is 1. The van der Waals surface area contributed by atoms with Gasteiger partial charge in [0.05, 0.1) is 25.7 Å². The fraction of sp³-hybridized carbons (Fsp3) is 0.211. The number of halogens is 1. The highest BCUT2D eigenvalue weighted by Crippen LogP contribution is 2.32. The molecule has 29 heavy (non-hydrogen) atoms. The number of rotatable bonds is 8. The van der Waals surface area contributed by atoms with Crippen molar-refractivity contribution < 1.29 is 14.3 Å². The van der Waals surface area contributed by atoms with Crippen molar-refractivity contribution in [2.75, 3.05) is 30.6 Å². The van der Waals surface area contributed by atoms with Crippen LogP contribution in [0.4, 0.5) is 16.5 Å². The van der Waals surface area contributed by atoms with Crippen molar-refractivity contribution in [1.82, 2.24) is 10.2 Å². The van der Waals surface area contributed by atoms with E-state index >= 15 is 0 Å². The SMILES string of the molecule is COc1ccc(Nc2nnc(SCC(=O)Nc3cc(C)c(Cl)cc3OC)s2)cc1. The molecular formula is C19H19ClN4O3S2. The molecule has 0 spiro atoms. The summed E-state index contributed by atoms with van der Waals surface area (Å²) in [4.78, 5) is 12.3. The largest absolute Gasteiger partial charge is 0.497 e. The molecule has 10 heteroatoms. The predicted molar refractivity (Wildman–Crippen MR) is 118 cm³/mol. The Hall–Kier alpha value is -2.49. The van der Waals surface area contributed by atoms with Crippen LogP contribution >= 0.6 is 34.7 Å². The van der Waals surface area contributed by atoms with Crippen LogP contribution < -0.4 is 20.1 Å². The summed E-state index contributed by atoms with van der Waals surface area (Å²) in [5, 5.41) is 15.5. The molecule has 0 saturated heterocycles. The zero-order valence-corrected chi connectivity index (χ0v) is 18.4. The molecule has 0 aliphatic rings. The number of hydrogen-bond donors (Lipinski definition) is 2. The van der Waals surface area contributed by atoms with Gasteiger partial charge in [0.15, 0.2) is 4.34 Å². The maximum Gasteiger partial charge on any atom is 0.234 e. The van der Waals surface area contributed by atoms with Crippen molar-refractivity contribution in [3.8, 4) is 11.5 Å². The molecule has 0 radical (unpaired) electrons. The van der Waals surface area contributed by atoms with E-state index in [-0.39, 0.29) is 11.7 Å². The van der Waals surface area contributed by atoms with Gasteiger partial charge in [-0.15, -0.1) is 10.2 Å². The second-order valence-corrected chi connectivity index (χ2v) is 8.47. The molecule has 2 N–H and O–H groups in total. The van der Waals surface area contributed by atoms with Gasteiger partial charge in [0, 0.05) is 16.8 Å². The zero-order valence-electron chi connectivity index (χ0n) is 16.0. The fourth-order valence-corrected chi connectivity index (χ4v) is 4.09. The molecule has 2 aromatic carbocycles. The summed E-state index contributed by atoms with van der Waals surface area (Å²) in [6.45, 7) is 1.87. The van der Waals surface area contributed by atoms with E-state index in [1.807, 2.05) is 31.2 Å². The molecule has 1 aromatic heterocycles. The Morgan fingerprint density at radius 1 is 1.17 bits per heavy atom. The molecule has 0 atom stereocenters.